The number of nitrogens with zero attached hydrogens (tertiary/aromatic N) is 1. The Morgan fingerprint density at radius 3 is 1.42 bits per heavy atom. The summed E-state index contributed by atoms with van der Waals surface area (Å²) in [6.45, 7) is 0. The minimum absolute atomic E-state index is 1.10. The van der Waals surface area contributed by atoms with Crippen LogP contribution in [0.25, 0.3) is 86.6 Å². The van der Waals surface area contributed by atoms with Gasteiger partial charge in [0.05, 0.1) is 0 Å². The molecule has 0 unspecified atom stereocenters. The predicted octanol–water partition coefficient (Wildman–Crippen LogP) is 17.0. The Morgan fingerprint density at radius 2 is 0.717 bits per heavy atom. The highest BCUT2D eigenvalue weighted by atomic mass is 32.1. The van der Waals surface area contributed by atoms with Gasteiger partial charge in [0.2, 0.25) is 0 Å². The van der Waals surface area contributed by atoms with Gasteiger partial charge in [0.25, 0.3) is 0 Å². The van der Waals surface area contributed by atoms with Gasteiger partial charge >= 0.3 is 0 Å². The minimum atomic E-state index is 1.10. The van der Waals surface area contributed by atoms with Crippen molar-refractivity contribution in [2.45, 2.75) is 0 Å². The van der Waals surface area contributed by atoms with Crippen LogP contribution >= 0.6 is 11.3 Å². The summed E-state index contributed by atoms with van der Waals surface area (Å²) in [4.78, 5) is 2.37. The van der Waals surface area contributed by atoms with E-state index in [0.29, 0.717) is 0 Å². The van der Waals surface area contributed by atoms with Crippen molar-refractivity contribution in [3.05, 3.63) is 237 Å². The van der Waals surface area contributed by atoms with Crippen LogP contribution in [-0.4, -0.2) is 0 Å². The van der Waals surface area contributed by atoms with Crippen molar-refractivity contribution < 1.29 is 0 Å². The van der Waals surface area contributed by atoms with E-state index in [0.717, 1.165) is 17.1 Å². The van der Waals surface area contributed by atoms with Gasteiger partial charge < -0.3 is 4.90 Å². The first-order valence-corrected chi connectivity index (χ1v) is 21.3. The molecule has 0 radical (unpaired) electrons. The smallest absolute Gasteiger partial charge is 0.0462 e. The summed E-state index contributed by atoms with van der Waals surface area (Å²) in [6, 6.07) is 86.0. The molecule has 0 saturated heterocycles. The van der Waals surface area contributed by atoms with Gasteiger partial charge in [0.1, 0.15) is 0 Å². The molecule has 0 N–H and O–H groups in total. The molecule has 60 heavy (non-hydrogen) atoms. The van der Waals surface area contributed by atoms with E-state index in [2.05, 4.69) is 241 Å². The summed E-state index contributed by atoms with van der Waals surface area (Å²) in [6.07, 6.45) is 0. The van der Waals surface area contributed by atoms with Crippen LogP contribution in [0.3, 0.4) is 0 Å². The fraction of sp³-hybridized carbons (Fsp3) is 0. The SMILES string of the molecule is c1ccc(-c2ccccc2-c2ccc(N(c3ccc(-c4cccc(-c5ccc6ccccc6c5)c4)cc3)c3ccc(-c4cccc5c4sc4ccccc45)cc3)cc2)cc1. The van der Waals surface area contributed by atoms with E-state index < -0.39 is 0 Å². The maximum Gasteiger partial charge on any atom is 0.0462 e. The first-order chi connectivity index (χ1) is 29.7. The standard InChI is InChI=1S/C58H39NS/c1-2-13-42(14-3-1)52-18-6-7-19-53(52)43-28-34-50(35-29-43)59(51-36-30-44(31-37-51)54-21-11-22-56-55-20-8-9-23-57(55)60-58(54)56)49-32-26-41(27-33-49)46-16-10-17-47(38-46)48-25-24-40-12-4-5-15-45(40)39-48/h1-39H. The summed E-state index contributed by atoms with van der Waals surface area (Å²) < 4.78 is 2.65. The fourth-order valence-electron chi connectivity index (χ4n) is 8.66. The van der Waals surface area contributed by atoms with E-state index in [-0.39, 0.29) is 0 Å². The zero-order valence-electron chi connectivity index (χ0n) is 32.9. The van der Waals surface area contributed by atoms with Crippen LogP contribution in [0.15, 0.2) is 237 Å². The molecule has 0 fully saturated rings. The van der Waals surface area contributed by atoms with Crippen molar-refractivity contribution in [3.8, 4) is 55.6 Å². The molecule has 0 spiro atoms. The molecule has 11 aromatic rings. The molecule has 10 aromatic carbocycles. The lowest BCUT2D eigenvalue weighted by atomic mass is 9.94. The second-order valence-corrected chi connectivity index (χ2v) is 16.4. The third kappa shape index (κ3) is 6.63. The summed E-state index contributed by atoms with van der Waals surface area (Å²) >= 11 is 1.88. The largest absolute Gasteiger partial charge is 0.311 e. The van der Waals surface area contributed by atoms with E-state index >= 15 is 0 Å². The number of fused-ring (bicyclic) bond motifs is 4. The molecule has 11 rings (SSSR count). The van der Waals surface area contributed by atoms with Crippen molar-refractivity contribution in [3.63, 3.8) is 0 Å². The quantitative estimate of drug-likeness (QED) is 0.148. The van der Waals surface area contributed by atoms with Crippen LogP contribution < -0.4 is 4.90 Å². The van der Waals surface area contributed by atoms with E-state index in [1.807, 2.05) is 11.3 Å². The van der Waals surface area contributed by atoms with Crippen LogP contribution in [0, 0.1) is 0 Å². The lowest BCUT2D eigenvalue weighted by molar-refractivity contribution is 1.28. The molecule has 0 amide bonds. The van der Waals surface area contributed by atoms with Crippen LogP contribution in [0.5, 0.6) is 0 Å². The van der Waals surface area contributed by atoms with Gasteiger partial charge in [-0.25, -0.2) is 0 Å². The third-order valence-corrected chi connectivity index (χ3v) is 12.9. The lowest BCUT2D eigenvalue weighted by Crippen LogP contribution is -2.09. The molecule has 0 atom stereocenters. The normalized spacial score (nSPS) is 11.3. The average molecular weight is 782 g/mol. The van der Waals surface area contributed by atoms with Crippen molar-refractivity contribution >= 4 is 59.3 Å². The molecular formula is C58H39NS. The molecule has 0 aliphatic heterocycles. The Balaban J connectivity index is 0.966. The van der Waals surface area contributed by atoms with Crippen molar-refractivity contribution in [1.82, 2.24) is 0 Å². The van der Waals surface area contributed by atoms with Crippen molar-refractivity contribution in [2.24, 2.45) is 0 Å². The number of hydrogen-bond acceptors (Lipinski definition) is 2. The zero-order chi connectivity index (χ0) is 39.8. The third-order valence-electron chi connectivity index (χ3n) is 11.7. The summed E-state index contributed by atoms with van der Waals surface area (Å²) in [7, 11) is 0. The highest BCUT2D eigenvalue weighted by Crippen LogP contribution is 2.42. The Hall–Kier alpha value is -7.52. The summed E-state index contributed by atoms with van der Waals surface area (Å²) in [5.74, 6) is 0. The molecule has 0 aliphatic carbocycles. The first-order valence-electron chi connectivity index (χ1n) is 20.5. The molecule has 0 aliphatic rings. The van der Waals surface area contributed by atoms with Gasteiger partial charge in [0, 0.05) is 37.2 Å². The molecular weight excluding hydrogens is 743 g/mol. The second-order valence-electron chi connectivity index (χ2n) is 15.3. The van der Waals surface area contributed by atoms with Gasteiger partial charge in [0.15, 0.2) is 0 Å². The fourth-order valence-corrected chi connectivity index (χ4v) is 9.89. The maximum atomic E-state index is 2.37. The summed E-state index contributed by atoms with van der Waals surface area (Å²) in [5.41, 5.74) is 15.4. The Kier molecular flexibility index (Phi) is 9.11. The number of anilines is 3. The summed E-state index contributed by atoms with van der Waals surface area (Å²) in [5, 5.41) is 5.15. The van der Waals surface area contributed by atoms with E-state index in [4.69, 9.17) is 0 Å². The van der Waals surface area contributed by atoms with Crippen molar-refractivity contribution in [1.29, 1.82) is 0 Å². The lowest BCUT2D eigenvalue weighted by Gasteiger charge is -2.26. The monoisotopic (exact) mass is 781 g/mol. The van der Waals surface area contributed by atoms with Gasteiger partial charge in [-0.05, 0) is 121 Å². The van der Waals surface area contributed by atoms with Crippen LogP contribution in [0.4, 0.5) is 17.1 Å². The average Bonchev–Trinajstić information content (AvgIpc) is 3.72. The van der Waals surface area contributed by atoms with E-state index in [9.17, 15) is 0 Å². The van der Waals surface area contributed by atoms with E-state index in [1.54, 1.807) is 0 Å². The maximum absolute atomic E-state index is 2.37. The molecule has 1 aromatic heterocycles. The molecule has 0 bridgehead atoms. The number of thiophene rings is 1. The highest BCUT2D eigenvalue weighted by molar-refractivity contribution is 7.26. The first kappa shape index (κ1) is 35.6. The molecule has 1 nitrogen and oxygen atoms in total. The van der Waals surface area contributed by atoms with Crippen LogP contribution in [0.2, 0.25) is 0 Å². The van der Waals surface area contributed by atoms with Crippen molar-refractivity contribution in [2.75, 3.05) is 4.90 Å². The Morgan fingerprint density at radius 1 is 0.267 bits per heavy atom. The predicted molar refractivity (Wildman–Crippen MR) is 259 cm³/mol. The molecule has 2 heteroatoms. The molecule has 282 valence electrons. The van der Waals surface area contributed by atoms with Crippen LogP contribution in [0.1, 0.15) is 0 Å². The zero-order valence-corrected chi connectivity index (χ0v) is 33.7. The van der Waals surface area contributed by atoms with Gasteiger partial charge in [-0.3, -0.25) is 0 Å². The highest BCUT2D eigenvalue weighted by Gasteiger charge is 2.16. The Bertz CT molecular complexity index is 3290. The number of hydrogen-bond donors (Lipinski definition) is 0. The van der Waals surface area contributed by atoms with E-state index in [1.165, 1.54) is 86.6 Å². The molecule has 0 saturated carbocycles. The number of rotatable bonds is 8. The van der Waals surface area contributed by atoms with Gasteiger partial charge in [-0.1, -0.05) is 182 Å². The number of benzene rings is 10. The molecule has 1 heterocycles. The van der Waals surface area contributed by atoms with Gasteiger partial charge in [-0.2, -0.15) is 0 Å². The topological polar surface area (TPSA) is 3.24 Å². The van der Waals surface area contributed by atoms with Crippen LogP contribution in [-0.2, 0) is 0 Å². The minimum Gasteiger partial charge on any atom is -0.311 e. The second kappa shape index (κ2) is 15.3. The van der Waals surface area contributed by atoms with Gasteiger partial charge in [-0.15, -0.1) is 11.3 Å². The Labute approximate surface area is 354 Å².